The first kappa shape index (κ1) is 24.0. The molecule has 2 aliphatic rings. The Kier molecular flexibility index (Phi) is 6.29. The van der Waals surface area contributed by atoms with Crippen molar-refractivity contribution in [2.75, 3.05) is 0 Å². The molecule has 0 unspecified atom stereocenters. The van der Waals surface area contributed by atoms with E-state index in [9.17, 15) is 14.7 Å². The molecule has 1 aliphatic heterocycles. The third-order valence-corrected chi connectivity index (χ3v) is 6.48. The number of phenols is 1. The van der Waals surface area contributed by atoms with Gasteiger partial charge in [-0.2, -0.15) is 5.10 Å². The van der Waals surface area contributed by atoms with Crippen LogP contribution in [0.3, 0.4) is 0 Å². The van der Waals surface area contributed by atoms with E-state index in [0.29, 0.717) is 23.5 Å². The zero-order valence-electron chi connectivity index (χ0n) is 20.5. The topological polar surface area (TPSA) is 116 Å². The quantitative estimate of drug-likeness (QED) is 0.512. The third-order valence-electron chi connectivity index (χ3n) is 6.48. The second-order valence-corrected chi connectivity index (χ2v) is 10.7. The molecule has 2 aromatic rings. The zero-order valence-corrected chi connectivity index (χ0v) is 20.5. The lowest BCUT2D eigenvalue weighted by molar-refractivity contribution is 0.0842. The fraction of sp³-hybridized carbons (Fsp3) is 0.500. The maximum atomic E-state index is 13.2. The van der Waals surface area contributed by atoms with Gasteiger partial charge in [-0.25, -0.2) is 5.43 Å². The molecule has 182 valence electrons. The van der Waals surface area contributed by atoms with Crippen LogP contribution in [0.1, 0.15) is 91.2 Å². The molecule has 1 aromatic heterocycles. The molecule has 1 fully saturated rings. The average molecular weight is 467 g/mol. The summed E-state index contributed by atoms with van der Waals surface area (Å²) in [5.41, 5.74) is 5.11. The summed E-state index contributed by atoms with van der Waals surface area (Å²) in [5.74, 6) is 0.570. The van der Waals surface area contributed by atoms with Crippen molar-refractivity contribution >= 4 is 17.5 Å². The minimum atomic E-state index is -0.366. The summed E-state index contributed by atoms with van der Waals surface area (Å²) in [6.45, 7) is 10.5. The number of carbonyl (C=O) groups excluding carboxylic acids is 2. The number of nitrogens with one attached hydrogen (secondary N) is 3. The van der Waals surface area contributed by atoms with Crippen LogP contribution in [-0.4, -0.2) is 39.8 Å². The normalized spacial score (nSPS) is 20.6. The van der Waals surface area contributed by atoms with Crippen LogP contribution in [-0.2, 0) is 6.42 Å². The Balaban J connectivity index is 1.52. The Morgan fingerprint density at radius 1 is 1.06 bits per heavy atom. The van der Waals surface area contributed by atoms with Crippen LogP contribution in [0.15, 0.2) is 33.8 Å². The van der Waals surface area contributed by atoms with Crippen molar-refractivity contribution in [3.05, 3.63) is 52.5 Å². The van der Waals surface area contributed by atoms with Gasteiger partial charge in [0.2, 0.25) is 0 Å². The van der Waals surface area contributed by atoms with Gasteiger partial charge in [-0.1, -0.05) is 0 Å². The van der Waals surface area contributed by atoms with Crippen molar-refractivity contribution in [2.45, 2.75) is 83.8 Å². The predicted molar refractivity (Wildman–Crippen MR) is 130 cm³/mol. The molecule has 0 bridgehead atoms. The van der Waals surface area contributed by atoms with E-state index in [4.69, 9.17) is 4.42 Å². The SMILES string of the molecule is Cc1c(C(=O)NC2CC(C)(C)NC(C)(C)C2)oc2c1/C(=N/NC(=O)c1ccc(O)cc1)CCC2. The number of amides is 2. The Morgan fingerprint density at radius 3 is 2.35 bits per heavy atom. The molecule has 0 spiro atoms. The number of aromatic hydroxyl groups is 1. The summed E-state index contributed by atoms with van der Waals surface area (Å²) >= 11 is 0. The van der Waals surface area contributed by atoms with Crippen molar-refractivity contribution in [1.82, 2.24) is 16.1 Å². The fourth-order valence-electron chi connectivity index (χ4n) is 5.47. The van der Waals surface area contributed by atoms with E-state index in [0.717, 1.165) is 42.6 Å². The van der Waals surface area contributed by atoms with Gasteiger partial charge in [0.1, 0.15) is 11.5 Å². The molecule has 1 aromatic carbocycles. The Labute approximate surface area is 200 Å². The lowest BCUT2D eigenvalue weighted by atomic mass is 9.79. The largest absolute Gasteiger partial charge is 0.508 e. The summed E-state index contributed by atoms with van der Waals surface area (Å²) in [4.78, 5) is 25.6. The van der Waals surface area contributed by atoms with E-state index in [-0.39, 0.29) is 34.7 Å². The van der Waals surface area contributed by atoms with Gasteiger partial charge in [0, 0.05) is 40.2 Å². The van der Waals surface area contributed by atoms with Crippen LogP contribution in [0.4, 0.5) is 0 Å². The number of carbonyl (C=O) groups is 2. The number of phenolic OH excluding ortho intramolecular Hbond substituents is 1. The van der Waals surface area contributed by atoms with Crippen LogP contribution < -0.4 is 16.1 Å². The van der Waals surface area contributed by atoms with Gasteiger partial charge in [-0.15, -0.1) is 0 Å². The molecule has 4 rings (SSSR count). The van der Waals surface area contributed by atoms with Crippen molar-refractivity contribution in [3.63, 3.8) is 0 Å². The number of fused-ring (bicyclic) bond motifs is 1. The number of nitrogens with zero attached hydrogens (tertiary/aromatic N) is 1. The summed E-state index contributed by atoms with van der Waals surface area (Å²) in [6, 6.07) is 6.02. The van der Waals surface area contributed by atoms with Gasteiger partial charge in [0.05, 0.1) is 5.71 Å². The highest BCUT2D eigenvalue weighted by molar-refractivity contribution is 6.07. The monoisotopic (exact) mass is 466 g/mol. The Morgan fingerprint density at radius 2 is 1.71 bits per heavy atom. The minimum absolute atomic E-state index is 0.0398. The summed E-state index contributed by atoms with van der Waals surface area (Å²) in [6.07, 6.45) is 3.89. The van der Waals surface area contributed by atoms with Gasteiger partial charge in [-0.3, -0.25) is 9.59 Å². The highest BCUT2D eigenvalue weighted by Crippen LogP contribution is 2.32. The lowest BCUT2D eigenvalue weighted by Crippen LogP contribution is -2.62. The molecule has 34 heavy (non-hydrogen) atoms. The van der Waals surface area contributed by atoms with Crippen LogP contribution in [0.5, 0.6) is 5.75 Å². The molecule has 8 heteroatoms. The second kappa shape index (κ2) is 8.91. The van der Waals surface area contributed by atoms with Crippen LogP contribution in [0, 0.1) is 6.92 Å². The zero-order chi connectivity index (χ0) is 24.7. The van der Waals surface area contributed by atoms with E-state index < -0.39 is 0 Å². The highest BCUT2D eigenvalue weighted by atomic mass is 16.4. The summed E-state index contributed by atoms with van der Waals surface area (Å²) in [5, 5.41) is 20.6. The molecule has 1 aliphatic carbocycles. The van der Waals surface area contributed by atoms with Gasteiger partial charge >= 0.3 is 0 Å². The molecule has 4 N–H and O–H groups in total. The minimum Gasteiger partial charge on any atom is -0.508 e. The molecule has 8 nitrogen and oxygen atoms in total. The smallest absolute Gasteiger partial charge is 0.287 e. The summed E-state index contributed by atoms with van der Waals surface area (Å²) in [7, 11) is 0. The molecule has 0 saturated carbocycles. The lowest BCUT2D eigenvalue weighted by Gasteiger charge is -2.46. The van der Waals surface area contributed by atoms with Crippen molar-refractivity contribution < 1.29 is 19.1 Å². The first-order chi connectivity index (χ1) is 15.9. The maximum absolute atomic E-state index is 13.2. The third kappa shape index (κ3) is 5.17. The molecular formula is C26H34N4O4. The number of aryl methyl sites for hydroxylation is 1. The van der Waals surface area contributed by atoms with Gasteiger partial charge in [-0.05, 0) is 84.6 Å². The van der Waals surface area contributed by atoms with E-state index >= 15 is 0 Å². The van der Waals surface area contributed by atoms with E-state index in [1.54, 1.807) is 0 Å². The first-order valence-electron chi connectivity index (χ1n) is 11.8. The molecule has 0 radical (unpaired) electrons. The number of piperidine rings is 1. The van der Waals surface area contributed by atoms with Gasteiger partial charge < -0.3 is 20.2 Å². The van der Waals surface area contributed by atoms with E-state index in [1.165, 1.54) is 24.3 Å². The van der Waals surface area contributed by atoms with Gasteiger partial charge in [0.25, 0.3) is 11.8 Å². The van der Waals surface area contributed by atoms with Crippen LogP contribution in [0.2, 0.25) is 0 Å². The van der Waals surface area contributed by atoms with E-state index in [2.05, 4.69) is 48.9 Å². The number of rotatable bonds is 4. The van der Waals surface area contributed by atoms with Crippen LogP contribution in [0.25, 0.3) is 0 Å². The van der Waals surface area contributed by atoms with Crippen molar-refractivity contribution in [1.29, 1.82) is 0 Å². The van der Waals surface area contributed by atoms with Crippen molar-refractivity contribution in [2.24, 2.45) is 5.10 Å². The molecular weight excluding hydrogens is 432 g/mol. The van der Waals surface area contributed by atoms with Crippen molar-refractivity contribution in [3.8, 4) is 5.75 Å². The summed E-state index contributed by atoms with van der Waals surface area (Å²) < 4.78 is 6.03. The Bertz CT molecular complexity index is 1110. The van der Waals surface area contributed by atoms with E-state index in [1.807, 2.05) is 6.92 Å². The van der Waals surface area contributed by atoms with Crippen LogP contribution >= 0.6 is 0 Å². The first-order valence-corrected chi connectivity index (χ1v) is 11.8. The molecule has 2 heterocycles. The predicted octanol–water partition coefficient (Wildman–Crippen LogP) is 3.80. The second-order valence-electron chi connectivity index (χ2n) is 10.7. The maximum Gasteiger partial charge on any atom is 0.287 e. The number of furan rings is 1. The molecule has 1 saturated heterocycles. The number of hydrogen-bond donors (Lipinski definition) is 4. The average Bonchev–Trinajstić information content (AvgIpc) is 3.07. The number of hydrogen-bond acceptors (Lipinski definition) is 6. The Hall–Kier alpha value is -3.13. The number of benzene rings is 1. The highest BCUT2D eigenvalue weighted by Gasteiger charge is 2.39. The fourth-order valence-corrected chi connectivity index (χ4v) is 5.47. The molecule has 0 atom stereocenters. The molecule has 2 amide bonds. The number of hydrazone groups is 1. The standard InChI is InChI=1S/C26H34N4O4/c1-15-21-19(28-29-23(32)16-9-11-18(31)12-10-16)7-6-8-20(21)34-22(15)24(33)27-17-13-25(2,3)30-26(4,5)14-17/h9-12,17,30-31H,6-8,13-14H2,1-5H3,(H,27,33)(H,29,32)/b28-19+. The van der Waals surface area contributed by atoms with Gasteiger partial charge in [0.15, 0.2) is 5.76 Å².